The summed E-state index contributed by atoms with van der Waals surface area (Å²) < 4.78 is 0. The molecule has 2 fully saturated rings. The lowest BCUT2D eigenvalue weighted by Crippen LogP contribution is -2.43. The second kappa shape index (κ2) is 4.66. The maximum atomic E-state index is 9.69. The minimum absolute atomic E-state index is 0.567. The molecule has 0 bridgehead atoms. The van der Waals surface area contributed by atoms with Crippen molar-refractivity contribution in [1.82, 2.24) is 5.32 Å². The van der Waals surface area contributed by atoms with Crippen LogP contribution in [0.25, 0.3) is 0 Å². The Morgan fingerprint density at radius 3 is 2.19 bits per heavy atom. The predicted molar refractivity (Wildman–Crippen MR) is 67.5 cm³/mol. The van der Waals surface area contributed by atoms with Crippen LogP contribution in [0.4, 0.5) is 0 Å². The summed E-state index contributed by atoms with van der Waals surface area (Å²) in [5, 5.41) is 13.2. The Balaban J connectivity index is 1.73. The molecule has 2 rings (SSSR count). The highest BCUT2D eigenvalue weighted by atomic mass is 16.3. The van der Waals surface area contributed by atoms with Gasteiger partial charge >= 0.3 is 0 Å². The van der Waals surface area contributed by atoms with Crippen molar-refractivity contribution >= 4 is 0 Å². The van der Waals surface area contributed by atoms with Gasteiger partial charge in [-0.05, 0) is 57.8 Å². The highest BCUT2D eigenvalue weighted by Gasteiger charge is 2.37. The Morgan fingerprint density at radius 2 is 1.69 bits per heavy atom. The molecule has 0 amide bonds. The van der Waals surface area contributed by atoms with Gasteiger partial charge in [0.05, 0.1) is 5.60 Å². The minimum atomic E-state index is -0.567. The van der Waals surface area contributed by atoms with Crippen LogP contribution in [-0.2, 0) is 0 Å². The highest BCUT2D eigenvalue weighted by Crippen LogP contribution is 2.48. The zero-order valence-corrected chi connectivity index (χ0v) is 10.9. The van der Waals surface area contributed by atoms with Crippen molar-refractivity contribution in [3.63, 3.8) is 0 Å². The monoisotopic (exact) mass is 225 g/mol. The van der Waals surface area contributed by atoms with Crippen LogP contribution in [0.5, 0.6) is 0 Å². The standard InChI is InChI=1S/C14H27NO/c1-13(2,16)11-15-12-5-9-14(10-6-12)7-3-4-8-14/h12,15-16H,3-11H2,1-2H3. The Labute approximate surface area is 99.8 Å². The lowest BCUT2D eigenvalue weighted by molar-refractivity contribution is 0.0699. The van der Waals surface area contributed by atoms with Gasteiger partial charge in [0.25, 0.3) is 0 Å². The van der Waals surface area contributed by atoms with E-state index in [9.17, 15) is 5.11 Å². The third kappa shape index (κ3) is 3.21. The second-order valence-corrected chi connectivity index (χ2v) is 6.67. The summed E-state index contributed by atoms with van der Waals surface area (Å²) in [6, 6.07) is 0.651. The molecule has 2 N–H and O–H groups in total. The quantitative estimate of drug-likeness (QED) is 0.774. The summed E-state index contributed by atoms with van der Waals surface area (Å²) >= 11 is 0. The SMILES string of the molecule is CC(C)(O)CNC1CCC2(CCCC2)CC1. The van der Waals surface area contributed by atoms with Gasteiger partial charge in [-0.25, -0.2) is 0 Å². The first kappa shape index (κ1) is 12.4. The molecular weight excluding hydrogens is 198 g/mol. The topological polar surface area (TPSA) is 32.3 Å². The first-order valence-electron chi connectivity index (χ1n) is 6.95. The first-order valence-corrected chi connectivity index (χ1v) is 6.95. The van der Waals surface area contributed by atoms with Gasteiger partial charge in [0.1, 0.15) is 0 Å². The van der Waals surface area contributed by atoms with Crippen molar-refractivity contribution in [2.75, 3.05) is 6.54 Å². The maximum Gasteiger partial charge on any atom is 0.0715 e. The van der Waals surface area contributed by atoms with Crippen LogP contribution >= 0.6 is 0 Å². The summed E-state index contributed by atoms with van der Waals surface area (Å²) in [6.07, 6.45) is 11.3. The second-order valence-electron chi connectivity index (χ2n) is 6.67. The number of hydrogen-bond donors (Lipinski definition) is 2. The Kier molecular flexibility index (Phi) is 3.60. The summed E-state index contributed by atoms with van der Waals surface area (Å²) in [7, 11) is 0. The largest absolute Gasteiger partial charge is 0.389 e. The zero-order valence-electron chi connectivity index (χ0n) is 10.9. The van der Waals surface area contributed by atoms with Gasteiger partial charge in [0.15, 0.2) is 0 Å². The molecule has 1 spiro atoms. The van der Waals surface area contributed by atoms with Gasteiger partial charge in [-0.3, -0.25) is 0 Å². The summed E-state index contributed by atoms with van der Waals surface area (Å²) in [5.41, 5.74) is 0.162. The van der Waals surface area contributed by atoms with Crippen molar-refractivity contribution in [2.45, 2.75) is 76.9 Å². The summed E-state index contributed by atoms with van der Waals surface area (Å²) in [4.78, 5) is 0. The molecule has 0 aromatic carbocycles. The molecule has 0 heterocycles. The third-order valence-corrected chi connectivity index (χ3v) is 4.53. The average Bonchev–Trinajstić information content (AvgIpc) is 2.65. The van der Waals surface area contributed by atoms with Crippen molar-refractivity contribution in [3.8, 4) is 0 Å². The molecule has 2 saturated carbocycles. The van der Waals surface area contributed by atoms with Crippen molar-refractivity contribution in [1.29, 1.82) is 0 Å². The predicted octanol–water partition coefficient (Wildman–Crippen LogP) is 2.85. The Morgan fingerprint density at radius 1 is 1.12 bits per heavy atom. The van der Waals surface area contributed by atoms with Gasteiger partial charge in [-0.2, -0.15) is 0 Å². The molecule has 0 unspecified atom stereocenters. The van der Waals surface area contributed by atoms with E-state index < -0.39 is 5.60 Å². The number of rotatable bonds is 3. The van der Waals surface area contributed by atoms with Gasteiger partial charge in [-0.1, -0.05) is 12.8 Å². The molecule has 0 aliphatic heterocycles. The van der Waals surface area contributed by atoms with Crippen LogP contribution in [0, 0.1) is 5.41 Å². The number of nitrogens with one attached hydrogen (secondary N) is 1. The van der Waals surface area contributed by atoms with Gasteiger partial charge < -0.3 is 10.4 Å². The molecule has 0 aromatic rings. The molecule has 94 valence electrons. The zero-order chi connectivity index (χ0) is 11.6. The normalized spacial score (nSPS) is 26.4. The first-order chi connectivity index (χ1) is 7.49. The molecule has 0 atom stereocenters. The van der Waals surface area contributed by atoms with Crippen LogP contribution < -0.4 is 5.32 Å². The van der Waals surface area contributed by atoms with E-state index in [-0.39, 0.29) is 0 Å². The number of hydrogen-bond acceptors (Lipinski definition) is 2. The molecule has 2 aliphatic carbocycles. The van der Waals surface area contributed by atoms with E-state index in [1.165, 1.54) is 51.4 Å². The van der Waals surface area contributed by atoms with Crippen LogP contribution in [0.2, 0.25) is 0 Å². The minimum Gasteiger partial charge on any atom is -0.389 e. The number of aliphatic hydroxyl groups is 1. The van der Waals surface area contributed by atoms with E-state index in [1.807, 2.05) is 13.8 Å². The summed E-state index contributed by atoms with van der Waals surface area (Å²) in [5.74, 6) is 0. The maximum absolute atomic E-state index is 9.69. The molecule has 2 heteroatoms. The van der Waals surface area contributed by atoms with Gasteiger partial charge in [0, 0.05) is 12.6 Å². The Hall–Kier alpha value is -0.0800. The van der Waals surface area contributed by atoms with E-state index in [2.05, 4.69) is 5.32 Å². The van der Waals surface area contributed by atoms with Crippen LogP contribution in [0.3, 0.4) is 0 Å². The molecule has 0 radical (unpaired) electrons. The third-order valence-electron chi connectivity index (χ3n) is 4.53. The molecule has 2 aliphatic rings. The van der Waals surface area contributed by atoms with Crippen molar-refractivity contribution < 1.29 is 5.11 Å². The van der Waals surface area contributed by atoms with Crippen molar-refractivity contribution in [2.24, 2.45) is 5.41 Å². The van der Waals surface area contributed by atoms with E-state index in [0.29, 0.717) is 6.04 Å². The Bertz CT molecular complexity index is 215. The lowest BCUT2D eigenvalue weighted by Gasteiger charge is -2.38. The molecule has 0 saturated heterocycles. The van der Waals surface area contributed by atoms with Crippen LogP contribution in [0.1, 0.15) is 65.2 Å². The lowest BCUT2D eigenvalue weighted by atomic mass is 9.71. The van der Waals surface area contributed by atoms with E-state index in [4.69, 9.17) is 0 Å². The van der Waals surface area contributed by atoms with Crippen molar-refractivity contribution in [3.05, 3.63) is 0 Å². The van der Waals surface area contributed by atoms with E-state index in [0.717, 1.165) is 12.0 Å². The van der Waals surface area contributed by atoms with E-state index in [1.54, 1.807) is 0 Å². The molecular formula is C14H27NO. The summed E-state index contributed by atoms with van der Waals surface area (Å²) in [6.45, 7) is 4.48. The van der Waals surface area contributed by atoms with Gasteiger partial charge in [-0.15, -0.1) is 0 Å². The average molecular weight is 225 g/mol. The molecule has 2 nitrogen and oxygen atoms in total. The highest BCUT2D eigenvalue weighted by molar-refractivity contribution is 4.91. The fourth-order valence-corrected chi connectivity index (χ4v) is 3.45. The van der Waals surface area contributed by atoms with Gasteiger partial charge in [0.2, 0.25) is 0 Å². The molecule has 0 aromatic heterocycles. The fraction of sp³-hybridized carbons (Fsp3) is 1.00. The fourth-order valence-electron chi connectivity index (χ4n) is 3.45. The molecule has 16 heavy (non-hydrogen) atoms. The smallest absolute Gasteiger partial charge is 0.0715 e. The van der Waals surface area contributed by atoms with E-state index >= 15 is 0 Å². The van der Waals surface area contributed by atoms with Crippen LogP contribution in [0.15, 0.2) is 0 Å². The van der Waals surface area contributed by atoms with Crippen LogP contribution in [-0.4, -0.2) is 23.3 Å².